The van der Waals surface area contributed by atoms with Gasteiger partial charge in [0.2, 0.25) is 0 Å². The van der Waals surface area contributed by atoms with E-state index in [1.807, 2.05) is 0 Å². The van der Waals surface area contributed by atoms with Crippen LogP contribution in [0.15, 0.2) is 29.4 Å². The van der Waals surface area contributed by atoms with Gasteiger partial charge in [0.15, 0.2) is 4.38 Å². The van der Waals surface area contributed by atoms with Crippen molar-refractivity contribution in [2.24, 2.45) is 5.10 Å². The Morgan fingerprint density at radius 1 is 1.30 bits per heavy atom. The number of hydrazone groups is 1. The van der Waals surface area contributed by atoms with Gasteiger partial charge >= 0.3 is 0 Å². The summed E-state index contributed by atoms with van der Waals surface area (Å²) in [7, 11) is 1.59. The van der Waals surface area contributed by atoms with Crippen LogP contribution in [-0.4, -0.2) is 38.8 Å². The van der Waals surface area contributed by atoms with Crippen molar-refractivity contribution in [3.8, 4) is 0 Å². The number of hydrogen-bond donors (Lipinski definition) is 0. The van der Waals surface area contributed by atoms with Gasteiger partial charge in [-0.3, -0.25) is 14.9 Å². The average molecular weight is 311 g/mol. The first-order chi connectivity index (χ1) is 9.58. The third-order valence-corrected chi connectivity index (χ3v) is 4.94. The van der Waals surface area contributed by atoms with E-state index in [1.165, 1.54) is 29.3 Å². The molecule has 6 nitrogen and oxygen atoms in total. The molecule has 2 rings (SSSR count). The van der Waals surface area contributed by atoms with Crippen molar-refractivity contribution in [3.63, 3.8) is 0 Å². The van der Waals surface area contributed by atoms with Gasteiger partial charge in [0, 0.05) is 36.2 Å². The van der Waals surface area contributed by atoms with E-state index < -0.39 is 4.92 Å². The van der Waals surface area contributed by atoms with Crippen molar-refractivity contribution in [2.75, 3.05) is 18.6 Å². The van der Waals surface area contributed by atoms with E-state index in [1.54, 1.807) is 30.6 Å². The molecule has 1 heterocycles. The highest BCUT2D eigenvalue weighted by atomic mass is 32.2. The molecule has 1 fully saturated rings. The van der Waals surface area contributed by atoms with Crippen LogP contribution in [0.5, 0.6) is 0 Å². The molecule has 8 heteroatoms. The Balaban J connectivity index is 2.07. The van der Waals surface area contributed by atoms with Crippen LogP contribution in [0.25, 0.3) is 0 Å². The molecule has 0 N–H and O–H groups in total. The van der Waals surface area contributed by atoms with Crippen LogP contribution in [0, 0.1) is 10.1 Å². The van der Waals surface area contributed by atoms with Crippen LogP contribution in [-0.2, 0) is 0 Å². The van der Waals surface area contributed by atoms with Crippen molar-refractivity contribution in [1.82, 2.24) is 5.01 Å². The van der Waals surface area contributed by atoms with Gasteiger partial charge in [0.25, 0.3) is 11.6 Å². The first-order valence-corrected chi connectivity index (χ1v) is 7.92. The summed E-state index contributed by atoms with van der Waals surface area (Å²) in [6.45, 7) is 0. The van der Waals surface area contributed by atoms with E-state index in [4.69, 9.17) is 0 Å². The predicted molar refractivity (Wildman–Crippen MR) is 82.2 cm³/mol. The maximum atomic E-state index is 12.1. The second-order valence-electron chi connectivity index (χ2n) is 4.05. The summed E-state index contributed by atoms with van der Waals surface area (Å²) in [5.74, 6) is 1.76. The van der Waals surface area contributed by atoms with Gasteiger partial charge in [0.1, 0.15) is 0 Å². The normalized spacial score (nSPS) is 14.8. The summed E-state index contributed by atoms with van der Waals surface area (Å²) in [6, 6.07) is 5.52. The number of hydrogen-bond acceptors (Lipinski definition) is 6. The van der Waals surface area contributed by atoms with Gasteiger partial charge in [-0.2, -0.15) is 5.10 Å². The molecule has 0 spiro atoms. The number of nitro benzene ring substituents is 1. The molecule has 0 radical (unpaired) electrons. The van der Waals surface area contributed by atoms with Gasteiger partial charge in [-0.1, -0.05) is 23.5 Å². The van der Waals surface area contributed by atoms with Crippen LogP contribution in [0.2, 0.25) is 0 Å². The Morgan fingerprint density at radius 2 is 1.90 bits per heavy atom. The minimum atomic E-state index is -0.493. The molecular formula is C12H13N3O3S2. The Kier molecular flexibility index (Phi) is 5.02. The minimum Gasteiger partial charge on any atom is -0.267 e. The van der Waals surface area contributed by atoms with Gasteiger partial charge in [-0.25, -0.2) is 5.01 Å². The maximum absolute atomic E-state index is 12.1. The van der Waals surface area contributed by atoms with Crippen molar-refractivity contribution >= 4 is 39.5 Å². The van der Waals surface area contributed by atoms with Crippen molar-refractivity contribution in [2.45, 2.75) is 6.42 Å². The molecule has 1 saturated heterocycles. The van der Waals surface area contributed by atoms with Gasteiger partial charge < -0.3 is 0 Å². The quantitative estimate of drug-likeness (QED) is 0.634. The highest BCUT2D eigenvalue weighted by Gasteiger charge is 2.15. The zero-order chi connectivity index (χ0) is 14.5. The van der Waals surface area contributed by atoms with E-state index in [2.05, 4.69) is 5.10 Å². The lowest BCUT2D eigenvalue weighted by Crippen LogP contribution is -2.22. The van der Waals surface area contributed by atoms with Crippen molar-refractivity contribution in [3.05, 3.63) is 39.9 Å². The Labute approximate surface area is 124 Å². The van der Waals surface area contributed by atoms with Crippen molar-refractivity contribution < 1.29 is 9.72 Å². The highest BCUT2D eigenvalue weighted by molar-refractivity contribution is 8.39. The van der Waals surface area contributed by atoms with E-state index in [9.17, 15) is 14.9 Å². The zero-order valence-electron chi connectivity index (χ0n) is 10.8. The third-order valence-electron chi connectivity index (χ3n) is 2.59. The molecule has 0 saturated carbocycles. The molecular weight excluding hydrogens is 298 g/mol. The monoisotopic (exact) mass is 311 g/mol. The molecule has 0 bridgehead atoms. The summed E-state index contributed by atoms with van der Waals surface area (Å²) in [5, 5.41) is 16.1. The topological polar surface area (TPSA) is 75.8 Å². The number of carbonyl (C=O) groups is 1. The molecule has 106 valence electrons. The number of nitro groups is 1. The lowest BCUT2D eigenvalue weighted by molar-refractivity contribution is -0.384. The van der Waals surface area contributed by atoms with Gasteiger partial charge in [-0.15, -0.1) is 0 Å². The molecule has 0 unspecified atom stereocenters. The molecule has 1 aliphatic rings. The van der Waals surface area contributed by atoms with Crippen molar-refractivity contribution in [1.29, 1.82) is 0 Å². The lowest BCUT2D eigenvalue weighted by Gasteiger charge is -2.16. The van der Waals surface area contributed by atoms with E-state index in [0.717, 1.165) is 22.3 Å². The second-order valence-corrected chi connectivity index (χ2v) is 6.47. The van der Waals surface area contributed by atoms with Crippen LogP contribution < -0.4 is 0 Å². The SMILES string of the molecule is CN(N=C1SCCCS1)C(=O)c1ccc([N+](=O)[O-])cc1. The van der Waals surface area contributed by atoms with E-state index in [0.29, 0.717) is 5.56 Å². The molecule has 1 amide bonds. The van der Waals surface area contributed by atoms with E-state index in [-0.39, 0.29) is 11.6 Å². The largest absolute Gasteiger partial charge is 0.273 e. The number of rotatable bonds is 3. The molecule has 0 atom stereocenters. The smallest absolute Gasteiger partial charge is 0.267 e. The van der Waals surface area contributed by atoms with Crippen LogP contribution in [0.3, 0.4) is 0 Å². The van der Waals surface area contributed by atoms with Crippen LogP contribution >= 0.6 is 23.5 Å². The fourth-order valence-electron chi connectivity index (χ4n) is 1.56. The number of thioether (sulfide) groups is 2. The molecule has 1 aromatic rings. The maximum Gasteiger partial charge on any atom is 0.273 e. The predicted octanol–water partition coefficient (Wildman–Crippen LogP) is 2.81. The lowest BCUT2D eigenvalue weighted by atomic mass is 10.2. The standard InChI is InChI=1S/C12H13N3O3S2/c1-14(13-12-19-7-2-8-20-12)11(16)9-3-5-10(6-4-9)15(17)18/h3-6H,2,7-8H2,1H3. The highest BCUT2D eigenvalue weighted by Crippen LogP contribution is 2.25. The molecule has 20 heavy (non-hydrogen) atoms. The fraction of sp³-hybridized carbons (Fsp3) is 0.333. The number of amides is 1. The number of non-ortho nitro benzene ring substituents is 1. The average Bonchev–Trinajstić information content (AvgIpc) is 2.47. The van der Waals surface area contributed by atoms with Gasteiger partial charge in [0.05, 0.1) is 4.92 Å². The summed E-state index contributed by atoms with van der Waals surface area (Å²) in [6.07, 6.45) is 1.15. The molecule has 0 aliphatic carbocycles. The summed E-state index contributed by atoms with van der Waals surface area (Å²) in [5.41, 5.74) is 0.349. The minimum absolute atomic E-state index is 0.0334. The third kappa shape index (κ3) is 3.73. The fourth-order valence-corrected chi connectivity index (χ4v) is 3.86. The number of nitrogens with zero attached hydrogens (tertiary/aromatic N) is 3. The van der Waals surface area contributed by atoms with Gasteiger partial charge in [-0.05, 0) is 18.6 Å². The Hall–Kier alpha value is -1.54. The summed E-state index contributed by atoms with van der Waals surface area (Å²) in [4.78, 5) is 22.2. The van der Waals surface area contributed by atoms with Crippen LogP contribution in [0.1, 0.15) is 16.8 Å². The summed E-state index contributed by atoms with van der Waals surface area (Å²) < 4.78 is 0.883. The Bertz CT molecular complexity index is 537. The van der Waals surface area contributed by atoms with E-state index >= 15 is 0 Å². The molecule has 0 aromatic heterocycles. The number of carbonyl (C=O) groups excluding carboxylic acids is 1. The number of benzene rings is 1. The second kappa shape index (κ2) is 6.76. The Morgan fingerprint density at radius 3 is 2.45 bits per heavy atom. The molecule has 1 aromatic carbocycles. The molecule has 1 aliphatic heterocycles. The first-order valence-electron chi connectivity index (χ1n) is 5.94. The zero-order valence-corrected chi connectivity index (χ0v) is 12.4. The van der Waals surface area contributed by atoms with Crippen LogP contribution in [0.4, 0.5) is 5.69 Å². The first kappa shape index (κ1) is 14.9. The summed E-state index contributed by atoms with van der Waals surface area (Å²) >= 11 is 3.28.